The zero-order valence-electron chi connectivity index (χ0n) is 17.8. The van der Waals surface area contributed by atoms with Crippen LogP contribution in [0, 0.1) is 5.92 Å². The van der Waals surface area contributed by atoms with Crippen LogP contribution in [0.1, 0.15) is 19.8 Å². The molecule has 32 heavy (non-hydrogen) atoms. The largest absolute Gasteiger partial charge is 0.495 e. The average Bonchev–Trinajstić information content (AvgIpc) is 2.79. The molecule has 2 aromatic carbocycles. The minimum atomic E-state index is -3.60. The van der Waals surface area contributed by atoms with Crippen LogP contribution >= 0.6 is 11.6 Å². The number of amides is 1. The lowest BCUT2D eigenvalue weighted by Crippen LogP contribution is -2.41. The van der Waals surface area contributed by atoms with Crippen molar-refractivity contribution in [3.63, 3.8) is 0 Å². The van der Waals surface area contributed by atoms with Gasteiger partial charge in [-0.15, -0.1) is 0 Å². The van der Waals surface area contributed by atoms with Crippen molar-refractivity contribution in [3.05, 3.63) is 53.6 Å². The Hall–Kier alpha value is -2.62. The van der Waals surface area contributed by atoms with E-state index in [1.54, 1.807) is 42.5 Å². The molecule has 1 aliphatic heterocycles. The molecule has 0 saturated carbocycles. The van der Waals surface area contributed by atoms with Crippen LogP contribution in [0.25, 0.3) is 0 Å². The number of carbonyl (C=O) groups excluding carboxylic acids is 2. The zero-order chi connectivity index (χ0) is 23.3. The molecule has 1 unspecified atom stereocenters. The summed E-state index contributed by atoms with van der Waals surface area (Å²) in [4.78, 5) is 25.3. The van der Waals surface area contributed by atoms with E-state index in [0.717, 1.165) is 0 Å². The van der Waals surface area contributed by atoms with E-state index in [-0.39, 0.29) is 18.0 Å². The first-order valence-corrected chi connectivity index (χ1v) is 11.9. The van der Waals surface area contributed by atoms with E-state index in [1.165, 1.54) is 24.4 Å². The number of carbonyl (C=O) groups is 2. The normalized spacial score (nSPS) is 16.2. The third-order valence-electron chi connectivity index (χ3n) is 5.25. The SMILES string of the molecule is COc1ccc(Cl)cc1NC(=O)C(C)OC(=O)C1CCN(S(=O)(=O)c2ccccc2)CC1. The third kappa shape index (κ3) is 5.59. The van der Waals surface area contributed by atoms with Crippen molar-refractivity contribution in [1.29, 1.82) is 0 Å². The van der Waals surface area contributed by atoms with Gasteiger partial charge in [-0.1, -0.05) is 29.8 Å². The van der Waals surface area contributed by atoms with Crippen molar-refractivity contribution in [2.45, 2.75) is 30.8 Å². The summed E-state index contributed by atoms with van der Waals surface area (Å²) >= 11 is 5.97. The highest BCUT2D eigenvalue weighted by Gasteiger charge is 2.34. The second kappa shape index (κ2) is 10.3. The van der Waals surface area contributed by atoms with Crippen LogP contribution in [0.2, 0.25) is 5.02 Å². The summed E-state index contributed by atoms with van der Waals surface area (Å²) < 4.78 is 37.3. The average molecular weight is 481 g/mol. The van der Waals surface area contributed by atoms with Crippen molar-refractivity contribution in [3.8, 4) is 5.75 Å². The number of hydrogen-bond acceptors (Lipinski definition) is 6. The van der Waals surface area contributed by atoms with Gasteiger partial charge in [-0.3, -0.25) is 9.59 Å². The molecule has 0 aliphatic carbocycles. The number of ether oxygens (including phenoxy) is 2. The van der Waals surface area contributed by atoms with Gasteiger partial charge in [-0.2, -0.15) is 4.31 Å². The van der Waals surface area contributed by atoms with Crippen LogP contribution in [0.5, 0.6) is 5.75 Å². The summed E-state index contributed by atoms with van der Waals surface area (Å²) in [6.07, 6.45) is -0.403. The Bertz CT molecular complexity index is 1070. The maximum Gasteiger partial charge on any atom is 0.309 e. The number of hydrogen-bond donors (Lipinski definition) is 1. The van der Waals surface area contributed by atoms with Crippen molar-refractivity contribution >= 4 is 39.2 Å². The molecule has 0 spiro atoms. The van der Waals surface area contributed by atoms with Crippen molar-refractivity contribution in [2.24, 2.45) is 5.92 Å². The lowest BCUT2D eigenvalue weighted by Gasteiger charge is -2.30. The second-order valence-corrected chi connectivity index (χ2v) is 9.78. The van der Waals surface area contributed by atoms with Crippen LogP contribution in [-0.2, 0) is 24.3 Å². The number of rotatable bonds is 7. The Kier molecular flexibility index (Phi) is 7.76. The summed E-state index contributed by atoms with van der Waals surface area (Å²) in [6.45, 7) is 1.88. The molecule has 1 saturated heterocycles. The van der Waals surface area contributed by atoms with E-state index in [4.69, 9.17) is 21.1 Å². The fraction of sp³-hybridized carbons (Fsp3) is 0.364. The first-order valence-electron chi connectivity index (χ1n) is 10.1. The molecule has 0 bridgehead atoms. The first kappa shape index (κ1) is 24.0. The Labute approximate surface area is 192 Å². The highest BCUT2D eigenvalue weighted by Crippen LogP contribution is 2.28. The molecular weight excluding hydrogens is 456 g/mol. The molecule has 172 valence electrons. The maximum atomic E-state index is 12.7. The molecule has 10 heteroatoms. The van der Waals surface area contributed by atoms with Gasteiger partial charge in [-0.05, 0) is 50.1 Å². The lowest BCUT2D eigenvalue weighted by molar-refractivity contribution is -0.158. The molecule has 8 nitrogen and oxygen atoms in total. The fourth-order valence-corrected chi connectivity index (χ4v) is 5.07. The smallest absolute Gasteiger partial charge is 0.309 e. The summed E-state index contributed by atoms with van der Waals surface area (Å²) in [5.74, 6) is -1.10. The first-order chi connectivity index (χ1) is 15.2. The number of nitrogens with zero attached hydrogens (tertiary/aromatic N) is 1. The van der Waals surface area contributed by atoms with Gasteiger partial charge in [-0.25, -0.2) is 8.42 Å². The Morgan fingerprint density at radius 2 is 1.78 bits per heavy atom. The minimum Gasteiger partial charge on any atom is -0.495 e. The van der Waals surface area contributed by atoms with Crippen LogP contribution in [-0.4, -0.2) is 50.9 Å². The summed E-state index contributed by atoms with van der Waals surface area (Å²) in [5, 5.41) is 3.06. The molecule has 2 aromatic rings. The standard InChI is InChI=1S/C22H25ClN2O6S/c1-15(21(26)24-19-14-17(23)8-9-20(19)30-2)31-22(27)16-10-12-25(13-11-16)32(28,29)18-6-4-3-5-7-18/h3-9,14-16H,10-13H2,1-2H3,(H,24,26). The Balaban J connectivity index is 1.54. The fourth-order valence-electron chi connectivity index (χ4n) is 3.41. The van der Waals surface area contributed by atoms with E-state index in [1.807, 2.05) is 0 Å². The number of benzene rings is 2. The predicted octanol–water partition coefficient (Wildman–Crippen LogP) is 3.32. The topological polar surface area (TPSA) is 102 Å². The van der Waals surface area contributed by atoms with Crippen molar-refractivity contribution in [2.75, 3.05) is 25.5 Å². The number of methoxy groups -OCH3 is 1. The van der Waals surface area contributed by atoms with E-state index in [9.17, 15) is 18.0 Å². The minimum absolute atomic E-state index is 0.206. The lowest BCUT2D eigenvalue weighted by atomic mass is 9.98. The van der Waals surface area contributed by atoms with Crippen LogP contribution in [0.3, 0.4) is 0 Å². The highest BCUT2D eigenvalue weighted by molar-refractivity contribution is 7.89. The maximum absolute atomic E-state index is 12.7. The van der Waals surface area contributed by atoms with E-state index >= 15 is 0 Å². The third-order valence-corrected chi connectivity index (χ3v) is 7.40. The quantitative estimate of drug-likeness (QED) is 0.610. The molecule has 3 rings (SSSR count). The van der Waals surface area contributed by atoms with Crippen LogP contribution in [0.4, 0.5) is 5.69 Å². The zero-order valence-corrected chi connectivity index (χ0v) is 19.4. The van der Waals surface area contributed by atoms with Gasteiger partial charge >= 0.3 is 5.97 Å². The van der Waals surface area contributed by atoms with Crippen LogP contribution < -0.4 is 10.1 Å². The summed E-state index contributed by atoms with van der Waals surface area (Å²) in [7, 11) is -2.13. The number of nitrogens with one attached hydrogen (secondary N) is 1. The number of piperidine rings is 1. The molecule has 1 fully saturated rings. The highest BCUT2D eigenvalue weighted by atomic mass is 35.5. The van der Waals surface area contributed by atoms with E-state index < -0.39 is 33.9 Å². The Morgan fingerprint density at radius 3 is 2.41 bits per heavy atom. The van der Waals surface area contributed by atoms with E-state index in [2.05, 4.69) is 5.32 Å². The molecule has 0 aromatic heterocycles. The molecule has 1 heterocycles. The number of halogens is 1. The van der Waals surface area contributed by atoms with Gasteiger partial charge < -0.3 is 14.8 Å². The molecule has 1 aliphatic rings. The van der Waals surface area contributed by atoms with Crippen molar-refractivity contribution < 1.29 is 27.5 Å². The number of sulfonamides is 1. The molecule has 1 N–H and O–H groups in total. The number of esters is 1. The molecule has 0 radical (unpaired) electrons. The van der Waals surface area contributed by atoms with Gasteiger partial charge in [0, 0.05) is 18.1 Å². The monoisotopic (exact) mass is 480 g/mol. The van der Waals surface area contributed by atoms with E-state index in [0.29, 0.717) is 29.3 Å². The van der Waals surface area contributed by atoms with Gasteiger partial charge in [0.15, 0.2) is 6.10 Å². The second-order valence-electron chi connectivity index (χ2n) is 7.40. The van der Waals surface area contributed by atoms with Gasteiger partial charge in [0.25, 0.3) is 5.91 Å². The van der Waals surface area contributed by atoms with Gasteiger partial charge in [0.1, 0.15) is 5.75 Å². The molecule has 1 atom stereocenters. The summed E-state index contributed by atoms with van der Waals surface area (Å²) in [6, 6.07) is 13.0. The Morgan fingerprint density at radius 1 is 1.12 bits per heavy atom. The molecule has 1 amide bonds. The molecular formula is C22H25ClN2O6S. The summed E-state index contributed by atoms with van der Waals surface area (Å²) in [5.41, 5.74) is 0.368. The van der Waals surface area contributed by atoms with Crippen molar-refractivity contribution in [1.82, 2.24) is 4.31 Å². The predicted molar refractivity (Wildman–Crippen MR) is 120 cm³/mol. The van der Waals surface area contributed by atoms with Gasteiger partial charge in [0.2, 0.25) is 10.0 Å². The van der Waals surface area contributed by atoms with Crippen LogP contribution in [0.15, 0.2) is 53.4 Å². The van der Waals surface area contributed by atoms with Gasteiger partial charge in [0.05, 0.1) is 23.6 Å². The number of anilines is 1.